The molecule has 2 aromatic carbocycles. The summed E-state index contributed by atoms with van der Waals surface area (Å²) in [6, 6.07) is 13.5. The fourth-order valence-corrected chi connectivity index (χ4v) is 3.04. The summed E-state index contributed by atoms with van der Waals surface area (Å²) >= 11 is 9.34. The van der Waals surface area contributed by atoms with Gasteiger partial charge in [0.05, 0.1) is 5.56 Å². The van der Waals surface area contributed by atoms with Crippen LogP contribution in [0.1, 0.15) is 28.4 Å². The van der Waals surface area contributed by atoms with E-state index in [1.807, 2.05) is 24.0 Å². The van der Waals surface area contributed by atoms with Crippen molar-refractivity contribution < 1.29 is 4.79 Å². The van der Waals surface area contributed by atoms with E-state index in [1.54, 1.807) is 18.2 Å². The van der Waals surface area contributed by atoms with Gasteiger partial charge in [0.25, 0.3) is 5.91 Å². The van der Waals surface area contributed by atoms with Crippen LogP contribution in [-0.4, -0.2) is 17.4 Å². The summed E-state index contributed by atoms with van der Waals surface area (Å²) in [7, 11) is 0. The number of halogens is 2. The largest absolute Gasteiger partial charge is 0.335 e. The Bertz CT molecular complexity index is 657. The van der Waals surface area contributed by atoms with E-state index in [0.29, 0.717) is 23.7 Å². The van der Waals surface area contributed by atoms with Gasteiger partial charge in [-0.25, -0.2) is 0 Å². The third-order valence-corrected chi connectivity index (χ3v) is 4.18. The standard InChI is InChI=1S/C17H17BrClNO/c1-3-20(11-13-6-4-5-12(2)9-13)17(21)15-8-7-14(19)10-16(15)18/h4-10H,3,11H2,1-2H3. The molecule has 0 unspecified atom stereocenters. The number of nitrogens with zero attached hydrogens (tertiary/aromatic N) is 1. The molecule has 0 fully saturated rings. The van der Waals surface area contributed by atoms with E-state index in [0.717, 1.165) is 10.0 Å². The molecular formula is C17H17BrClNO. The molecule has 0 aromatic heterocycles. The molecule has 0 aliphatic rings. The molecule has 2 nitrogen and oxygen atoms in total. The van der Waals surface area contributed by atoms with Gasteiger partial charge in [-0.2, -0.15) is 0 Å². The molecule has 2 aromatic rings. The molecule has 0 saturated heterocycles. The molecule has 0 radical (unpaired) electrons. The minimum absolute atomic E-state index is 0.00236. The summed E-state index contributed by atoms with van der Waals surface area (Å²) in [5.41, 5.74) is 2.97. The van der Waals surface area contributed by atoms with E-state index in [-0.39, 0.29) is 5.91 Å². The second-order valence-corrected chi connectivity index (χ2v) is 6.22. The van der Waals surface area contributed by atoms with Crippen LogP contribution in [0.2, 0.25) is 5.02 Å². The minimum atomic E-state index is 0.00236. The van der Waals surface area contributed by atoms with E-state index in [2.05, 4.69) is 35.0 Å². The molecule has 1 amide bonds. The molecule has 0 aliphatic carbocycles. The third-order valence-electron chi connectivity index (χ3n) is 3.29. The molecule has 0 spiro atoms. The first-order chi connectivity index (χ1) is 10.0. The van der Waals surface area contributed by atoms with Gasteiger partial charge in [0.15, 0.2) is 0 Å². The van der Waals surface area contributed by atoms with Crippen LogP contribution in [0.15, 0.2) is 46.9 Å². The summed E-state index contributed by atoms with van der Waals surface area (Å²) in [6.45, 7) is 5.29. The van der Waals surface area contributed by atoms with Crippen molar-refractivity contribution in [2.24, 2.45) is 0 Å². The Morgan fingerprint density at radius 3 is 2.62 bits per heavy atom. The number of rotatable bonds is 4. The zero-order valence-electron chi connectivity index (χ0n) is 12.1. The number of benzene rings is 2. The normalized spacial score (nSPS) is 10.5. The fourth-order valence-electron chi connectivity index (χ4n) is 2.19. The highest BCUT2D eigenvalue weighted by Gasteiger charge is 2.17. The summed E-state index contributed by atoms with van der Waals surface area (Å²) < 4.78 is 0.725. The molecule has 2 rings (SSSR count). The summed E-state index contributed by atoms with van der Waals surface area (Å²) in [5.74, 6) is 0.00236. The summed E-state index contributed by atoms with van der Waals surface area (Å²) in [6.07, 6.45) is 0. The first kappa shape index (κ1) is 16.1. The Labute approximate surface area is 138 Å². The number of aryl methyl sites for hydroxylation is 1. The maximum Gasteiger partial charge on any atom is 0.255 e. The van der Waals surface area contributed by atoms with Crippen molar-refractivity contribution in [3.63, 3.8) is 0 Å². The molecule has 0 heterocycles. The van der Waals surface area contributed by atoms with Gasteiger partial charge in [-0.15, -0.1) is 0 Å². The van der Waals surface area contributed by atoms with Crippen LogP contribution in [0.4, 0.5) is 0 Å². The molecular weight excluding hydrogens is 350 g/mol. The van der Waals surface area contributed by atoms with Crippen molar-refractivity contribution in [1.82, 2.24) is 4.90 Å². The van der Waals surface area contributed by atoms with Gasteiger partial charge in [0, 0.05) is 22.6 Å². The zero-order valence-corrected chi connectivity index (χ0v) is 14.4. The molecule has 110 valence electrons. The lowest BCUT2D eigenvalue weighted by atomic mass is 10.1. The van der Waals surface area contributed by atoms with Gasteiger partial charge < -0.3 is 4.90 Å². The monoisotopic (exact) mass is 365 g/mol. The molecule has 0 saturated carbocycles. The molecule has 0 aliphatic heterocycles. The van der Waals surface area contributed by atoms with E-state index in [9.17, 15) is 4.79 Å². The van der Waals surface area contributed by atoms with E-state index >= 15 is 0 Å². The Balaban J connectivity index is 2.22. The maximum absolute atomic E-state index is 12.7. The average Bonchev–Trinajstić information content (AvgIpc) is 2.44. The lowest BCUT2D eigenvalue weighted by Gasteiger charge is -2.22. The van der Waals surface area contributed by atoms with Crippen molar-refractivity contribution >= 4 is 33.4 Å². The van der Waals surface area contributed by atoms with Crippen LogP contribution in [0.25, 0.3) is 0 Å². The molecule has 21 heavy (non-hydrogen) atoms. The Kier molecular flexibility index (Phi) is 5.43. The van der Waals surface area contributed by atoms with Gasteiger partial charge in [0.2, 0.25) is 0 Å². The van der Waals surface area contributed by atoms with Crippen LogP contribution in [0, 0.1) is 6.92 Å². The van der Waals surface area contributed by atoms with Gasteiger partial charge in [0.1, 0.15) is 0 Å². The van der Waals surface area contributed by atoms with Crippen molar-refractivity contribution in [3.05, 3.63) is 68.7 Å². The first-order valence-corrected chi connectivity index (χ1v) is 7.98. The Morgan fingerprint density at radius 2 is 2.00 bits per heavy atom. The number of carbonyl (C=O) groups excluding carboxylic acids is 1. The van der Waals surface area contributed by atoms with Crippen LogP contribution in [0.5, 0.6) is 0 Å². The minimum Gasteiger partial charge on any atom is -0.335 e. The Hall–Kier alpha value is -1.32. The predicted molar refractivity (Wildman–Crippen MR) is 90.7 cm³/mol. The highest BCUT2D eigenvalue weighted by atomic mass is 79.9. The lowest BCUT2D eigenvalue weighted by molar-refractivity contribution is 0.0751. The second kappa shape index (κ2) is 7.10. The molecule has 0 atom stereocenters. The van der Waals surface area contributed by atoms with Crippen LogP contribution in [-0.2, 0) is 6.54 Å². The maximum atomic E-state index is 12.7. The van der Waals surface area contributed by atoms with Gasteiger partial charge in [-0.05, 0) is 53.5 Å². The molecule has 0 N–H and O–H groups in total. The second-order valence-electron chi connectivity index (χ2n) is 4.93. The van der Waals surface area contributed by atoms with Crippen LogP contribution >= 0.6 is 27.5 Å². The highest BCUT2D eigenvalue weighted by molar-refractivity contribution is 9.10. The van der Waals surface area contributed by atoms with Gasteiger partial charge >= 0.3 is 0 Å². The van der Waals surface area contributed by atoms with Crippen molar-refractivity contribution in [2.75, 3.05) is 6.54 Å². The zero-order chi connectivity index (χ0) is 15.4. The van der Waals surface area contributed by atoms with Crippen LogP contribution in [0.3, 0.4) is 0 Å². The SMILES string of the molecule is CCN(Cc1cccc(C)c1)C(=O)c1ccc(Cl)cc1Br. The van der Waals surface area contributed by atoms with E-state index < -0.39 is 0 Å². The third kappa shape index (κ3) is 4.08. The highest BCUT2D eigenvalue weighted by Crippen LogP contribution is 2.23. The van der Waals surface area contributed by atoms with E-state index in [4.69, 9.17) is 11.6 Å². The smallest absolute Gasteiger partial charge is 0.255 e. The van der Waals surface area contributed by atoms with Crippen molar-refractivity contribution in [3.8, 4) is 0 Å². The number of amides is 1. The number of hydrogen-bond acceptors (Lipinski definition) is 1. The lowest BCUT2D eigenvalue weighted by Crippen LogP contribution is -2.30. The van der Waals surface area contributed by atoms with Crippen molar-refractivity contribution in [2.45, 2.75) is 20.4 Å². The van der Waals surface area contributed by atoms with Crippen molar-refractivity contribution in [1.29, 1.82) is 0 Å². The molecule has 4 heteroatoms. The first-order valence-electron chi connectivity index (χ1n) is 6.81. The number of carbonyl (C=O) groups is 1. The quantitative estimate of drug-likeness (QED) is 0.739. The van der Waals surface area contributed by atoms with Gasteiger partial charge in [-0.1, -0.05) is 41.4 Å². The topological polar surface area (TPSA) is 20.3 Å². The molecule has 0 bridgehead atoms. The van der Waals surface area contributed by atoms with Crippen LogP contribution < -0.4 is 0 Å². The van der Waals surface area contributed by atoms with E-state index in [1.165, 1.54) is 5.56 Å². The predicted octanol–water partition coefficient (Wildman–Crippen LogP) is 5.07. The Morgan fingerprint density at radius 1 is 1.24 bits per heavy atom. The summed E-state index contributed by atoms with van der Waals surface area (Å²) in [5, 5.41) is 0.611. The van der Waals surface area contributed by atoms with Gasteiger partial charge in [-0.3, -0.25) is 4.79 Å². The number of hydrogen-bond donors (Lipinski definition) is 0. The fraction of sp³-hybridized carbons (Fsp3) is 0.235. The summed E-state index contributed by atoms with van der Waals surface area (Å²) in [4.78, 5) is 14.5. The average molecular weight is 367 g/mol.